The highest BCUT2D eigenvalue weighted by atomic mass is 16.5. The van der Waals surface area contributed by atoms with E-state index >= 15 is 0 Å². The van der Waals surface area contributed by atoms with E-state index in [-0.39, 0.29) is 12.1 Å². The van der Waals surface area contributed by atoms with E-state index in [1.165, 1.54) is 0 Å². The molecule has 25 heavy (non-hydrogen) atoms. The maximum atomic E-state index is 12.4. The molecule has 1 saturated heterocycles. The highest BCUT2D eigenvalue weighted by molar-refractivity contribution is 5.88. The number of aromatic nitrogens is 2. The molecule has 0 radical (unpaired) electrons. The number of rotatable bonds is 4. The lowest BCUT2D eigenvalue weighted by molar-refractivity contribution is 0.195. The average Bonchev–Trinajstić information content (AvgIpc) is 3.04. The van der Waals surface area contributed by atoms with Crippen molar-refractivity contribution in [2.75, 3.05) is 37.4 Å². The number of carbonyl (C=O) groups is 1. The van der Waals surface area contributed by atoms with Crippen LogP contribution in [0, 0.1) is 6.92 Å². The van der Waals surface area contributed by atoms with E-state index in [1.54, 1.807) is 17.2 Å². The fourth-order valence-corrected chi connectivity index (χ4v) is 2.80. The van der Waals surface area contributed by atoms with Gasteiger partial charge < -0.3 is 14.5 Å². The third kappa shape index (κ3) is 4.17. The molecule has 2 amide bonds. The Bertz CT molecular complexity index is 750. The van der Waals surface area contributed by atoms with Gasteiger partial charge in [-0.2, -0.15) is 0 Å². The largest absolute Gasteiger partial charge is 0.485 e. The fraction of sp³-hybridized carbons (Fsp3) is 0.389. The van der Waals surface area contributed by atoms with Crippen LogP contribution in [-0.4, -0.2) is 54.2 Å². The summed E-state index contributed by atoms with van der Waals surface area (Å²) < 4.78 is 6.08. The van der Waals surface area contributed by atoms with Crippen LogP contribution < -0.4 is 15.0 Å². The van der Waals surface area contributed by atoms with Crippen LogP contribution in [-0.2, 0) is 0 Å². The molecule has 1 N–H and O–H groups in total. The normalized spacial score (nSPS) is 16.6. The van der Waals surface area contributed by atoms with E-state index in [4.69, 9.17) is 4.74 Å². The number of pyridine rings is 2. The van der Waals surface area contributed by atoms with Gasteiger partial charge >= 0.3 is 6.03 Å². The van der Waals surface area contributed by atoms with Crippen LogP contribution in [0.3, 0.4) is 0 Å². The summed E-state index contributed by atoms with van der Waals surface area (Å²) >= 11 is 0. The highest BCUT2D eigenvalue weighted by Crippen LogP contribution is 2.26. The number of ether oxygens (including phenoxy) is 1. The second-order valence-corrected chi connectivity index (χ2v) is 6.29. The molecule has 3 rings (SSSR count). The molecule has 1 atom stereocenters. The second kappa shape index (κ2) is 7.38. The molecule has 0 unspecified atom stereocenters. The lowest BCUT2D eigenvalue weighted by Gasteiger charge is -2.20. The first kappa shape index (κ1) is 17.0. The van der Waals surface area contributed by atoms with Gasteiger partial charge in [-0.05, 0) is 31.2 Å². The van der Waals surface area contributed by atoms with Crippen LogP contribution in [0.2, 0.25) is 0 Å². The Morgan fingerprint density at radius 3 is 2.92 bits per heavy atom. The van der Waals surface area contributed by atoms with E-state index < -0.39 is 0 Å². The number of hydrogen-bond donors (Lipinski definition) is 1. The van der Waals surface area contributed by atoms with Crippen LogP contribution in [0.25, 0.3) is 0 Å². The molecule has 132 valence electrons. The predicted octanol–water partition coefficient (Wildman–Crippen LogP) is 2.54. The summed E-state index contributed by atoms with van der Waals surface area (Å²) in [5.41, 5.74) is 0.869. The van der Waals surface area contributed by atoms with Gasteiger partial charge in [-0.3, -0.25) is 5.32 Å². The first-order valence-electron chi connectivity index (χ1n) is 8.31. The molecule has 1 aliphatic rings. The average molecular weight is 341 g/mol. The van der Waals surface area contributed by atoms with Crippen LogP contribution in [0.1, 0.15) is 12.1 Å². The Labute approximate surface area is 147 Å². The van der Waals surface area contributed by atoms with Crippen molar-refractivity contribution < 1.29 is 9.53 Å². The first-order chi connectivity index (χ1) is 12.0. The Hall–Kier alpha value is -2.83. The summed E-state index contributed by atoms with van der Waals surface area (Å²) in [6.07, 6.45) is 2.49. The quantitative estimate of drug-likeness (QED) is 0.925. The van der Waals surface area contributed by atoms with Gasteiger partial charge in [0.25, 0.3) is 0 Å². The minimum Gasteiger partial charge on any atom is -0.485 e. The summed E-state index contributed by atoms with van der Waals surface area (Å²) in [4.78, 5) is 24.7. The molecule has 0 aliphatic carbocycles. The minimum absolute atomic E-state index is 0.0425. The molecule has 1 fully saturated rings. The molecular weight excluding hydrogens is 318 g/mol. The van der Waals surface area contributed by atoms with E-state index in [2.05, 4.69) is 15.3 Å². The predicted molar refractivity (Wildman–Crippen MR) is 97.2 cm³/mol. The molecule has 2 aromatic heterocycles. The highest BCUT2D eigenvalue weighted by Gasteiger charge is 2.28. The van der Waals surface area contributed by atoms with E-state index in [0.717, 1.165) is 23.7 Å². The van der Waals surface area contributed by atoms with Crippen LogP contribution in [0.4, 0.5) is 16.4 Å². The molecule has 0 bridgehead atoms. The molecular formula is C18H23N5O2. The Morgan fingerprint density at radius 1 is 1.32 bits per heavy atom. The van der Waals surface area contributed by atoms with Crippen molar-refractivity contribution in [3.05, 3.63) is 42.2 Å². The second-order valence-electron chi connectivity index (χ2n) is 6.29. The molecule has 2 aromatic rings. The Balaban J connectivity index is 1.59. The van der Waals surface area contributed by atoms with Crippen molar-refractivity contribution in [1.29, 1.82) is 0 Å². The minimum atomic E-state index is -0.150. The Morgan fingerprint density at radius 2 is 2.16 bits per heavy atom. The van der Waals surface area contributed by atoms with Crippen molar-refractivity contribution in [3.8, 4) is 5.75 Å². The van der Waals surface area contributed by atoms with Gasteiger partial charge in [0.1, 0.15) is 11.9 Å². The van der Waals surface area contributed by atoms with E-state index in [0.29, 0.717) is 18.9 Å². The molecule has 0 saturated carbocycles. The molecule has 7 heteroatoms. The Kier molecular flexibility index (Phi) is 5.02. The van der Waals surface area contributed by atoms with Crippen LogP contribution in [0.15, 0.2) is 36.5 Å². The van der Waals surface area contributed by atoms with Crippen LogP contribution in [0.5, 0.6) is 5.75 Å². The summed E-state index contributed by atoms with van der Waals surface area (Å²) in [5.74, 6) is 2.09. The third-order valence-corrected chi connectivity index (χ3v) is 4.02. The first-order valence-corrected chi connectivity index (χ1v) is 8.31. The number of hydrogen-bond acceptors (Lipinski definition) is 5. The zero-order valence-electron chi connectivity index (χ0n) is 14.8. The number of likely N-dealkylation sites (tertiary alicyclic amines) is 1. The number of amides is 2. The van der Waals surface area contributed by atoms with Crippen molar-refractivity contribution in [2.24, 2.45) is 0 Å². The van der Waals surface area contributed by atoms with Crippen molar-refractivity contribution in [3.63, 3.8) is 0 Å². The van der Waals surface area contributed by atoms with Crippen LogP contribution >= 0.6 is 0 Å². The van der Waals surface area contributed by atoms with Gasteiger partial charge in [-0.25, -0.2) is 14.8 Å². The van der Waals surface area contributed by atoms with Gasteiger partial charge in [0.15, 0.2) is 11.6 Å². The smallest absolute Gasteiger partial charge is 0.323 e. The van der Waals surface area contributed by atoms with Gasteiger partial charge in [0.2, 0.25) is 0 Å². The van der Waals surface area contributed by atoms with Gasteiger partial charge in [-0.15, -0.1) is 0 Å². The number of nitrogens with zero attached hydrogens (tertiary/aromatic N) is 4. The monoisotopic (exact) mass is 341 g/mol. The molecule has 1 aliphatic heterocycles. The van der Waals surface area contributed by atoms with Gasteiger partial charge in [-0.1, -0.05) is 6.07 Å². The third-order valence-electron chi connectivity index (χ3n) is 4.02. The molecule has 7 nitrogen and oxygen atoms in total. The number of urea groups is 1. The topological polar surface area (TPSA) is 70.6 Å². The maximum Gasteiger partial charge on any atom is 0.323 e. The fourth-order valence-electron chi connectivity index (χ4n) is 2.80. The maximum absolute atomic E-state index is 12.4. The summed E-state index contributed by atoms with van der Waals surface area (Å²) in [6, 6.07) is 9.16. The van der Waals surface area contributed by atoms with E-state index in [1.807, 2.05) is 50.2 Å². The SMILES string of the molecule is Cc1cccc(NC(=O)N2CC[C@H](Oc3cccnc3N(C)C)C2)n1. The van der Waals surface area contributed by atoms with Gasteiger partial charge in [0.05, 0.1) is 6.54 Å². The number of aryl methyl sites for hydroxylation is 1. The molecule has 0 aromatic carbocycles. The summed E-state index contributed by atoms with van der Waals surface area (Å²) in [6.45, 7) is 3.09. The number of carbonyl (C=O) groups excluding carboxylic acids is 1. The van der Waals surface area contributed by atoms with Crippen molar-refractivity contribution in [2.45, 2.75) is 19.4 Å². The molecule has 0 spiro atoms. The number of anilines is 2. The standard InChI is InChI=1S/C18H23N5O2/c1-13-6-4-8-16(20-13)21-18(24)23-11-9-14(12-23)25-15-7-5-10-19-17(15)22(2)3/h4-8,10,14H,9,11-12H2,1-3H3,(H,20,21,24)/t14-/m0/s1. The zero-order chi connectivity index (χ0) is 17.8. The van der Waals surface area contributed by atoms with E-state index in [9.17, 15) is 4.79 Å². The lowest BCUT2D eigenvalue weighted by atomic mass is 10.3. The van der Waals surface area contributed by atoms with Gasteiger partial charge in [0, 0.05) is 39.0 Å². The summed E-state index contributed by atoms with van der Waals surface area (Å²) in [7, 11) is 3.86. The summed E-state index contributed by atoms with van der Waals surface area (Å²) in [5, 5.41) is 2.84. The lowest BCUT2D eigenvalue weighted by Crippen LogP contribution is -2.34. The molecule has 3 heterocycles. The van der Waals surface area contributed by atoms with Crippen molar-refractivity contribution >= 4 is 17.7 Å². The zero-order valence-corrected chi connectivity index (χ0v) is 14.8. The number of nitrogens with one attached hydrogen (secondary N) is 1. The van der Waals surface area contributed by atoms with Crippen molar-refractivity contribution in [1.82, 2.24) is 14.9 Å².